The largest absolute Gasteiger partial charge is 0.618 e. The molecule has 0 amide bonds. The van der Waals surface area contributed by atoms with Crippen molar-refractivity contribution in [2.45, 2.75) is 12.5 Å². The molecule has 4 nitrogen and oxygen atoms in total. The highest BCUT2D eigenvalue weighted by Gasteiger charge is 2.20. The number of hydrogen-bond donors (Lipinski definition) is 1. The number of nitrogens with zero attached hydrogens (tertiary/aromatic N) is 2. The van der Waals surface area contributed by atoms with Crippen LogP contribution in [0.4, 0.5) is 5.69 Å². The van der Waals surface area contributed by atoms with Crippen LogP contribution < -0.4 is 15.4 Å². The minimum atomic E-state index is 0.251. The van der Waals surface area contributed by atoms with E-state index in [1.165, 1.54) is 6.20 Å². The van der Waals surface area contributed by atoms with Crippen molar-refractivity contribution in [2.75, 3.05) is 18.0 Å². The van der Waals surface area contributed by atoms with Gasteiger partial charge in [0, 0.05) is 42.3 Å². The van der Waals surface area contributed by atoms with Crippen LogP contribution in [0.2, 0.25) is 0 Å². The molecule has 88 valence electrons. The van der Waals surface area contributed by atoms with Crippen LogP contribution in [0.25, 0.3) is 10.9 Å². The van der Waals surface area contributed by atoms with Crippen LogP contribution in [0.3, 0.4) is 0 Å². The lowest BCUT2D eigenvalue weighted by Gasteiger charge is -2.18. The van der Waals surface area contributed by atoms with E-state index in [0.29, 0.717) is 5.52 Å². The second-order valence-corrected chi connectivity index (χ2v) is 4.57. The van der Waals surface area contributed by atoms with Crippen LogP contribution in [0.15, 0.2) is 36.5 Å². The molecular formula is C13H15N3O. The van der Waals surface area contributed by atoms with Gasteiger partial charge in [-0.25, -0.2) is 0 Å². The fourth-order valence-electron chi connectivity index (χ4n) is 2.39. The van der Waals surface area contributed by atoms with Crippen molar-refractivity contribution in [3.05, 3.63) is 41.7 Å². The first-order chi connectivity index (χ1) is 8.24. The van der Waals surface area contributed by atoms with Crippen molar-refractivity contribution < 1.29 is 4.73 Å². The first-order valence-electron chi connectivity index (χ1n) is 5.86. The van der Waals surface area contributed by atoms with Crippen LogP contribution in [0.1, 0.15) is 6.42 Å². The van der Waals surface area contributed by atoms with Crippen LogP contribution in [0.5, 0.6) is 0 Å². The zero-order valence-electron chi connectivity index (χ0n) is 9.54. The number of pyridine rings is 1. The molecule has 1 fully saturated rings. The Morgan fingerprint density at radius 1 is 1.35 bits per heavy atom. The van der Waals surface area contributed by atoms with Gasteiger partial charge in [0.15, 0.2) is 6.20 Å². The molecule has 1 aromatic carbocycles. The fraction of sp³-hybridized carbons (Fsp3) is 0.308. The van der Waals surface area contributed by atoms with E-state index in [0.717, 1.165) is 35.3 Å². The van der Waals surface area contributed by atoms with Gasteiger partial charge in [0.25, 0.3) is 0 Å². The molecule has 1 aliphatic rings. The second-order valence-electron chi connectivity index (χ2n) is 4.57. The molecule has 2 N–H and O–H groups in total. The number of aromatic nitrogens is 1. The number of anilines is 1. The maximum absolute atomic E-state index is 11.7. The maximum Gasteiger partial charge on any atom is 0.225 e. The van der Waals surface area contributed by atoms with Gasteiger partial charge in [-0.2, -0.15) is 4.73 Å². The molecule has 1 saturated heterocycles. The van der Waals surface area contributed by atoms with E-state index in [2.05, 4.69) is 11.0 Å². The first-order valence-corrected chi connectivity index (χ1v) is 5.86. The van der Waals surface area contributed by atoms with E-state index < -0.39 is 0 Å². The Bertz CT molecular complexity index is 555. The second kappa shape index (κ2) is 3.89. The summed E-state index contributed by atoms with van der Waals surface area (Å²) in [6.07, 6.45) is 2.55. The molecule has 1 unspecified atom stereocenters. The Labute approximate surface area is 99.8 Å². The van der Waals surface area contributed by atoms with Crippen LogP contribution in [-0.4, -0.2) is 19.1 Å². The average molecular weight is 229 g/mol. The van der Waals surface area contributed by atoms with Gasteiger partial charge < -0.3 is 15.8 Å². The van der Waals surface area contributed by atoms with E-state index in [1.54, 1.807) is 6.07 Å². The summed E-state index contributed by atoms with van der Waals surface area (Å²) >= 11 is 0. The van der Waals surface area contributed by atoms with Crippen molar-refractivity contribution in [3.63, 3.8) is 0 Å². The van der Waals surface area contributed by atoms with Gasteiger partial charge in [-0.15, -0.1) is 0 Å². The third-order valence-corrected chi connectivity index (χ3v) is 3.34. The average Bonchev–Trinajstić information content (AvgIpc) is 2.76. The van der Waals surface area contributed by atoms with Crippen molar-refractivity contribution in [3.8, 4) is 0 Å². The predicted octanol–water partition coefficient (Wildman–Crippen LogP) is 1.01. The third kappa shape index (κ3) is 1.80. The summed E-state index contributed by atoms with van der Waals surface area (Å²) in [7, 11) is 0. The molecule has 1 atom stereocenters. The molecule has 3 rings (SSSR count). The minimum absolute atomic E-state index is 0.251. The summed E-state index contributed by atoms with van der Waals surface area (Å²) in [5, 5.41) is 12.7. The SMILES string of the molecule is NC1CCN(c2ccc3ccc[n+]([O-])c3c2)C1. The maximum atomic E-state index is 11.7. The molecule has 0 aliphatic carbocycles. The number of benzene rings is 1. The highest BCUT2D eigenvalue weighted by Crippen LogP contribution is 2.23. The van der Waals surface area contributed by atoms with Gasteiger partial charge in [-0.3, -0.25) is 0 Å². The molecule has 2 heterocycles. The molecule has 1 aromatic heterocycles. The third-order valence-electron chi connectivity index (χ3n) is 3.34. The van der Waals surface area contributed by atoms with E-state index in [4.69, 9.17) is 5.73 Å². The number of hydrogen-bond acceptors (Lipinski definition) is 3. The van der Waals surface area contributed by atoms with Gasteiger partial charge in [0.05, 0.1) is 0 Å². The van der Waals surface area contributed by atoms with Gasteiger partial charge in [-0.05, 0) is 24.6 Å². The Hall–Kier alpha value is -1.81. The molecule has 17 heavy (non-hydrogen) atoms. The summed E-state index contributed by atoms with van der Waals surface area (Å²) in [6, 6.07) is 9.95. The lowest BCUT2D eigenvalue weighted by atomic mass is 10.2. The van der Waals surface area contributed by atoms with Crippen molar-refractivity contribution in [2.24, 2.45) is 5.73 Å². The van der Waals surface area contributed by atoms with Crippen LogP contribution >= 0.6 is 0 Å². The summed E-state index contributed by atoms with van der Waals surface area (Å²) < 4.78 is 0.912. The van der Waals surface area contributed by atoms with Crippen molar-refractivity contribution >= 4 is 16.6 Å². The molecule has 1 aliphatic heterocycles. The molecule has 0 spiro atoms. The molecule has 4 heteroatoms. The zero-order chi connectivity index (χ0) is 11.8. The Balaban J connectivity index is 2.04. The summed E-state index contributed by atoms with van der Waals surface area (Å²) in [6.45, 7) is 1.84. The summed E-state index contributed by atoms with van der Waals surface area (Å²) in [5.41, 5.74) is 7.69. The van der Waals surface area contributed by atoms with E-state index >= 15 is 0 Å². The fourth-order valence-corrected chi connectivity index (χ4v) is 2.39. The van der Waals surface area contributed by atoms with Crippen LogP contribution in [-0.2, 0) is 0 Å². The monoisotopic (exact) mass is 229 g/mol. The number of rotatable bonds is 1. The highest BCUT2D eigenvalue weighted by atomic mass is 16.5. The van der Waals surface area contributed by atoms with Gasteiger partial charge >= 0.3 is 0 Å². The number of nitrogens with two attached hydrogens (primary N) is 1. The normalized spacial score (nSPS) is 20.1. The van der Waals surface area contributed by atoms with Crippen LogP contribution in [0, 0.1) is 5.21 Å². The van der Waals surface area contributed by atoms with Gasteiger partial charge in [0.1, 0.15) is 0 Å². The molecule has 0 bridgehead atoms. The number of fused-ring (bicyclic) bond motifs is 1. The molecule has 0 radical (unpaired) electrons. The first kappa shape index (κ1) is 10.4. The predicted molar refractivity (Wildman–Crippen MR) is 67.7 cm³/mol. The van der Waals surface area contributed by atoms with E-state index in [1.807, 2.05) is 18.2 Å². The Morgan fingerprint density at radius 2 is 2.24 bits per heavy atom. The standard InChI is InChI=1S/C13H15N3O/c14-11-5-7-15(9-11)12-4-3-10-2-1-6-16(17)13(10)8-12/h1-4,6,8,11H,5,7,9,14H2. The van der Waals surface area contributed by atoms with Crippen molar-refractivity contribution in [1.82, 2.24) is 0 Å². The summed E-state index contributed by atoms with van der Waals surface area (Å²) in [4.78, 5) is 2.23. The topological polar surface area (TPSA) is 56.2 Å². The quantitative estimate of drug-likeness (QED) is 0.586. The van der Waals surface area contributed by atoms with Crippen molar-refractivity contribution in [1.29, 1.82) is 0 Å². The Morgan fingerprint density at radius 3 is 3.00 bits per heavy atom. The lowest BCUT2D eigenvalue weighted by molar-refractivity contribution is -0.576. The minimum Gasteiger partial charge on any atom is -0.618 e. The Kier molecular flexibility index (Phi) is 2.37. The summed E-state index contributed by atoms with van der Waals surface area (Å²) in [5.74, 6) is 0. The highest BCUT2D eigenvalue weighted by molar-refractivity contribution is 5.79. The smallest absolute Gasteiger partial charge is 0.225 e. The lowest BCUT2D eigenvalue weighted by Crippen LogP contribution is -2.28. The van der Waals surface area contributed by atoms with E-state index in [9.17, 15) is 5.21 Å². The molecular weight excluding hydrogens is 214 g/mol. The molecule has 0 saturated carbocycles. The van der Waals surface area contributed by atoms with E-state index in [-0.39, 0.29) is 6.04 Å². The van der Waals surface area contributed by atoms with Gasteiger partial charge in [0.2, 0.25) is 5.52 Å². The molecule has 2 aromatic rings. The zero-order valence-corrected chi connectivity index (χ0v) is 9.54. The van der Waals surface area contributed by atoms with Gasteiger partial charge in [-0.1, -0.05) is 0 Å².